The first-order valence-corrected chi connectivity index (χ1v) is 9.75. The Bertz CT molecular complexity index is 1130. The zero-order valence-corrected chi connectivity index (χ0v) is 15.3. The number of aromatic nitrogens is 1. The highest BCUT2D eigenvalue weighted by Gasteiger charge is 2.11. The van der Waals surface area contributed by atoms with E-state index in [2.05, 4.69) is 107 Å². The van der Waals surface area contributed by atoms with Crippen LogP contribution in [0.1, 0.15) is 0 Å². The fourth-order valence-corrected chi connectivity index (χ4v) is 4.74. The van der Waals surface area contributed by atoms with Crippen LogP contribution in [-0.2, 0) is 0 Å². The molecule has 0 amide bonds. The third kappa shape index (κ3) is 2.56. The fraction of sp³-hybridized carbons (Fsp3) is 0. The number of hydrogen-bond donors (Lipinski definition) is 0. The van der Waals surface area contributed by atoms with Crippen LogP contribution in [0.5, 0.6) is 0 Å². The zero-order chi connectivity index (χ0) is 17.3. The van der Waals surface area contributed by atoms with Crippen LogP contribution >= 0.6 is 0 Å². The largest absolute Gasteiger partial charge is 0.363 e. The van der Waals surface area contributed by atoms with Gasteiger partial charge in [0.25, 0.3) is 0 Å². The molecule has 2 radical (unpaired) electrons. The molecule has 1 nitrogen and oxygen atoms in total. The van der Waals surface area contributed by atoms with Crippen molar-refractivity contribution in [2.24, 2.45) is 0 Å². The van der Waals surface area contributed by atoms with Crippen LogP contribution in [0, 0.1) is 0 Å². The van der Waals surface area contributed by atoms with Crippen LogP contribution in [-0.4, -0.2) is 13.9 Å². The summed E-state index contributed by atoms with van der Waals surface area (Å²) in [5.41, 5.74) is 5.14. The standard InChI is InChI=1S/C24H17NSi/c1-2-8-18(9-3-1)19-14-16-20(17-15-19)26-25-23-12-6-4-10-21(23)22-11-5-7-13-24(22)25/h1-17H. The van der Waals surface area contributed by atoms with E-state index in [9.17, 15) is 0 Å². The van der Waals surface area contributed by atoms with Gasteiger partial charge in [0, 0.05) is 21.8 Å². The number of para-hydroxylation sites is 2. The van der Waals surface area contributed by atoms with Crippen molar-refractivity contribution in [2.75, 3.05) is 0 Å². The molecule has 1 heterocycles. The summed E-state index contributed by atoms with van der Waals surface area (Å²) in [7, 11) is 0.579. The predicted molar refractivity (Wildman–Crippen MR) is 112 cm³/mol. The van der Waals surface area contributed by atoms with Gasteiger partial charge < -0.3 is 4.23 Å². The second kappa shape index (κ2) is 6.32. The summed E-state index contributed by atoms with van der Waals surface area (Å²) in [6.07, 6.45) is 0. The zero-order valence-electron chi connectivity index (χ0n) is 14.3. The highest BCUT2D eigenvalue weighted by molar-refractivity contribution is 6.54. The number of hydrogen-bond acceptors (Lipinski definition) is 0. The first-order chi connectivity index (χ1) is 12.9. The molecule has 0 saturated heterocycles. The number of rotatable bonds is 3. The molecule has 0 saturated carbocycles. The van der Waals surface area contributed by atoms with Crippen LogP contribution in [0.25, 0.3) is 32.9 Å². The molecule has 0 aliphatic heterocycles. The van der Waals surface area contributed by atoms with Crippen LogP contribution in [0.15, 0.2) is 103 Å². The Morgan fingerprint density at radius 3 is 1.58 bits per heavy atom. The Labute approximate surface area is 155 Å². The molecule has 0 atom stereocenters. The lowest BCUT2D eigenvalue weighted by atomic mass is 10.1. The van der Waals surface area contributed by atoms with Gasteiger partial charge in [0.2, 0.25) is 9.68 Å². The van der Waals surface area contributed by atoms with E-state index in [1.165, 1.54) is 38.1 Å². The third-order valence-corrected chi connectivity index (χ3v) is 6.11. The van der Waals surface area contributed by atoms with Gasteiger partial charge in [0.05, 0.1) is 0 Å². The molecule has 26 heavy (non-hydrogen) atoms. The molecule has 0 fully saturated rings. The quantitative estimate of drug-likeness (QED) is 0.393. The van der Waals surface area contributed by atoms with Crippen LogP contribution in [0.2, 0.25) is 0 Å². The van der Waals surface area contributed by atoms with E-state index in [4.69, 9.17) is 0 Å². The van der Waals surface area contributed by atoms with E-state index in [0.717, 1.165) is 0 Å². The van der Waals surface area contributed by atoms with Gasteiger partial charge in [0.15, 0.2) is 0 Å². The van der Waals surface area contributed by atoms with Crippen molar-refractivity contribution >= 4 is 36.7 Å². The van der Waals surface area contributed by atoms with Gasteiger partial charge in [-0.05, 0) is 28.4 Å². The molecule has 0 N–H and O–H groups in total. The molecule has 5 aromatic rings. The van der Waals surface area contributed by atoms with Crippen molar-refractivity contribution in [3.8, 4) is 11.1 Å². The maximum atomic E-state index is 2.45. The molecule has 0 unspecified atom stereocenters. The van der Waals surface area contributed by atoms with Gasteiger partial charge >= 0.3 is 0 Å². The maximum absolute atomic E-state index is 2.45. The van der Waals surface area contributed by atoms with E-state index < -0.39 is 0 Å². The average molecular weight is 347 g/mol. The van der Waals surface area contributed by atoms with Gasteiger partial charge in [-0.3, -0.25) is 0 Å². The monoisotopic (exact) mass is 347 g/mol. The van der Waals surface area contributed by atoms with E-state index in [0.29, 0.717) is 9.68 Å². The van der Waals surface area contributed by atoms with Crippen molar-refractivity contribution in [1.82, 2.24) is 4.23 Å². The maximum Gasteiger partial charge on any atom is 0.227 e. The molecule has 1 aromatic heterocycles. The number of fused-ring (bicyclic) bond motifs is 3. The van der Waals surface area contributed by atoms with E-state index >= 15 is 0 Å². The third-order valence-electron chi connectivity index (χ3n) is 4.81. The minimum Gasteiger partial charge on any atom is -0.363 e. The highest BCUT2D eigenvalue weighted by Crippen LogP contribution is 2.27. The predicted octanol–water partition coefficient (Wildman–Crippen LogP) is 5.25. The Hall–Kier alpha value is -3.10. The van der Waals surface area contributed by atoms with Crippen molar-refractivity contribution in [1.29, 1.82) is 0 Å². The average Bonchev–Trinajstić information content (AvgIpc) is 3.04. The molecule has 5 rings (SSSR count). The first-order valence-electron chi connectivity index (χ1n) is 8.81. The summed E-state index contributed by atoms with van der Waals surface area (Å²) in [5, 5.41) is 4.00. The first kappa shape index (κ1) is 15.2. The number of nitrogens with zero attached hydrogens (tertiary/aromatic N) is 1. The molecule has 0 aliphatic carbocycles. The summed E-state index contributed by atoms with van der Waals surface area (Å²) in [6, 6.07) is 36.9. The molecule has 0 bridgehead atoms. The molecular weight excluding hydrogens is 330 g/mol. The smallest absolute Gasteiger partial charge is 0.227 e. The lowest BCUT2D eigenvalue weighted by molar-refractivity contribution is 1.37. The molecule has 0 aliphatic rings. The minimum absolute atomic E-state index is 0.579. The Balaban J connectivity index is 1.57. The normalized spacial score (nSPS) is 11.2. The second-order valence-electron chi connectivity index (χ2n) is 6.42. The number of benzene rings is 4. The molecule has 0 spiro atoms. The fourth-order valence-electron chi connectivity index (χ4n) is 3.54. The van der Waals surface area contributed by atoms with Crippen molar-refractivity contribution in [3.63, 3.8) is 0 Å². The van der Waals surface area contributed by atoms with E-state index in [1.54, 1.807) is 0 Å². The Kier molecular flexibility index (Phi) is 3.69. The molecule has 4 aromatic carbocycles. The van der Waals surface area contributed by atoms with Gasteiger partial charge in [-0.2, -0.15) is 0 Å². The summed E-state index contributed by atoms with van der Waals surface area (Å²) >= 11 is 0. The van der Waals surface area contributed by atoms with Crippen LogP contribution < -0.4 is 5.19 Å². The summed E-state index contributed by atoms with van der Waals surface area (Å²) in [4.78, 5) is 0. The molecule has 2 heteroatoms. The van der Waals surface area contributed by atoms with Crippen molar-refractivity contribution in [2.45, 2.75) is 0 Å². The lowest BCUT2D eigenvalue weighted by Crippen LogP contribution is -2.21. The van der Waals surface area contributed by atoms with E-state index in [1.807, 2.05) is 0 Å². The highest BCUT2D eigenvalue weighted by atomic mass is 28.2. The topological polar surface area (TPSA) is 4.93 Å². The van der Waals surface area contributed by atoms with Gasteiger partial charge in [0.1, 0.15) is 0 Å². The van der Waals surface area contributed by atoms with E-state index in [-0.39, 0.29) is 0 Å². The lowest BCUT2D eigenvalue weighted by Gasteiger charge is -2.07. The Morgan fingerprint density at radius 2 is 0.962 bits per heavy atom. The Morgan fingerprint density at radius 1 is 0.462 bits per heavy atom. The minimum atomic E-state index is 0.579. The van der Waals surface area contributed by atoms with Crippen LogP contribution in [0.4, 0.5) is 0 Å². The summed E-state index contributed by atoms with van der Waals surface area (Å²) in [6.45, 7) is 0. The SMILES string of the molecule is c1ccc(-c2ccc([Si]n3c4ccccc4c4ccccc43)cc2)cc1. The van der Waals surface area contributed by atoms with Gasteiger partial charge in [-0.15, -0.1) is 0 Å². The summed E-state index contributed by atoms with van der Waals surface area (Å²) < 4.78 is 2.45. The van der Waals surface area contributed by atoms with Gasteiger partial charge in [-0.1, -0.05) is 91.0 Å². The second-order valence-corrected chi connectivity index (χ2v) is 7.67. The van der Waals surface area contributed by atoms with Crippen LogP contribution in [0.3, 0.4) is 0 Å². The van der Waals surface area contributed by atoms with Gasteiger partial charge in [-0.25, -0.2) is 0 Å². The summed E-state index contributed by atoms with van der Waals surface area (Å²) in [5.74, 6) is 0. The molecular formula is C24H17NSi. The van der Waals surface area contributed by atoms with Crippen molar-refractivity contribution in [3.05, 3.63) is 103 Å². The van der Waals surface area contributed by atoms with Crippen molar-refractivity contribution < 1.29 is 0 Å². The molecule has 122 valence electrons.